The topological polar surface area (TPSA) is 113 Å². The molecule has 202 valence electrons. The molecule has 4 atom stereocenters. The van der Waals surface area contributed by atoms with Crippen molar-refractivity contribution in [3.8, 4) is 0 Å². The molecule has 0 radical (unpaired) electrons. The van der Waals surface area contributed by atoms with Crippen molar-refractivity contribution in [1.29, 1.82) is 0 Å². The number of rotatable bonds is 7. The first-order chi connectivity index (χ1) is 18.0. The first-order valence-corrected chi connectivity index (χ1v) is 15.9. The summed E-state index contributed by atoms with van der Waals surface area (Å²) in [5, 5.41) is 21.3. The minimum Gasteiger partial charge on any atom is -0.396 e. The number of aliphatic hydroxyl groups excluding tert-OH is 1. The average Bonchev–Trinajstić information content (AvgIpc) is 3.49. The average molecular weight is 542 g/mol. The molecule has 0 unspecified atom stereocenters. The molecule has 2 amide bonds. The number of ether oxygens (including phenoxy) is 1. The van der Waals surface area contributed by atoms with E-state index in [-0.39, 0.29) is 37.1 Å². The molecule has 3 aliphatic heterocycles. The lowest BCUT2D eigenvalue weighted by Gasteiger charge is -2.31. The Hall–Kier alpha value is -3.15. The Kier molecular flexibility index (Phi) is 6.65. The van der Waals surface area contributed by atoms with Gasteiger partial charge < -0.3 is 23.8 Å². The van der Waals surface area contributed by atoms with Gasteiger partial charge in [0.1, 0.15) is 0 Å². The lowest BCUT2D eigenvalue weighted by atomic mass is 9.82. The van der Waals surface area contributed by atoms with Crippen LogP contribution in [0.2, 0.25) is 18.6 Å². The first-order valence-electron chi connectivity index (χ1n) is 13.0. The predicted octanol–water partition coefficient (Wildman–Crippen LogP) is 4.43. The molecule has 0 aliphatic carbocycles. The van der Waals surface area contributed by atoms with E-state index in [2.05, 4.69) is 0 Å². The molecule has 2 saturated heterocycles. The van der Waals surface area contributed by atoms with Crippen molar-refractivity contribution >= 4 is 37.3 Å². The number of carbonyl (C=O) groups is 2. The monoisotopic (exact) mass is 541 g/mol. The Morgan fingerprint density at radius 2 is 1.92 bits per heavy atom. The molecule has 1 spiro atoms. The Balaban J connectivity index is 1.54. The molecular formula is C27H32FN3O6Si. The van der Waals surface area contributed by atoms with Gasteiger partial charge in [-0.15, -0.1) is 0 Å². The van der Waals surface area contributed by atoms with Gasteiger partial charge in [0, 0.05) is 54.4 Å². The minimum atomic E-state index is -3.36. The molecule has 0 bridgehead atoms. The summed E-state index contributed by atoms with van der Waals surface area (Å²) in [7, 11) is -3.36. The maximum atomic E-state index is 15.6. The largest absolute Gasteiger partial charge is 0.396 e. The smallest absolute Gasteiger partial charge is 0.269 e. The Labute approximate surface area is 221 Å². The Morgan fingerprint density at radius 1 is 1.21 bits per heavy atom. The van der Waals surface area contributed by atoms with Crippen molar-refractivity contribution in [1.82, 2.24) is 0 Å². The number of nitro groups is 1. The second kappa shape index (κ2) is 9.55. The maximum absolute atomic E-state index is 15.6. The van der Waals surface area contributed by atoms with Crippen LogP contribution in [0.15, 0.2) is 42.5 Å². The summed E-state index contributed by atoms with van der Waals surface area (Å²) in [5.41, 5.74) is 0.137. The molecule has 2 fully saturated rings. The van der Waals surface area contributed by atoms with Crippen molar-refractivity contribution in [3.05, 3.63) is 63.7 Å². The number of hydrogen-bond donors (Lipinski definition) is 1. The molecule has 3 heterocycles. The lowest BCUT2D eigenvalue weighted by Crippen LogP contribution is -2.45. The number of carbonyl (C=O) groups excluding carboxylic acids is 2. The van der Waals surface area contributed by atoms with Crippen LogP contribution in [0.1, 0.15) is 37.3 Å². The van der Waals surface area contributed by atoms with Gasteiger partial charge in [0.2, 0.25) is 14.3 Å². The number of nitrogens with zero attached hydrogens (tertiary/aromatic N) is 3. The molecule has 5 rings (SSSR count). The van der Waals surface area contributed by atoms with Gasteiger partial charge in [-0.05, 0) is 49.7 Å². The van der Waals surface area contributed by atoms with E-state index in [0.29, 0.717) is 24.2 Å². The molecular weight excluding hydrogens is 509 g/mol. The number of aliphatic hydroxyl groups is 1. The van der Waals surface area contributed by atoms with Crippen LogP contribution in [0.3, 0.4) is 0 Å². The van der Waals surface area contributed by atoms with Crippen LogP contribution in [0.25, 0.3) is 0 Å². The summed E-state index contributed by atoms with van der Waals surface area (Å²) < 4.78 is 22.0. The van der Waals surface area contributed by atoms with Gasteiger partial charge in [0.25, 0.3) is 11.6 Å². The van der Waals surface area contributed by atoms with Gasteiger partial charge in [-0.2, -0.15) is 0 Å². The minimum absolute atomic E-state index is 0.0867. The summed E-state index contributed by atoms with van der Waals surface area (Å²) in [6.07, 6.45) is 0.841. The van der Waals surface area contributed by atoms with Crippen LogP contribution in [-0.2, 0) is 26.5 Å². The summed E-state index contributed by atoms with van der Waals surface area (Å²) >= 11 is 0. The van der Waals surface area contributed by atoms with Crippen LogP contribution in [-0.4, -0.2) is 49.5 Å². The van der Waals surface area contributed by atoms with Crippen molar-refractivity contribution in [2.45, 2.75) is 63.1 Å². The highest BCUT2D eigenvalue weighted by molar-refractivity contribution is 6.72. The van der Waals surface area contributed by atoms with Crippen molar-refractivity contribution in [2.75, 3.05) is 23.0 Å². The second-order valence-corrected chi connectivity index (χ2v) is 14.7. The van der Waals surface area contributed by atoms with E-state index in [1.165, 1.54) is 12.1 Å². The number of fused-ring (bicyclic) bond motifs is 2. The number of non-ortho nitro benzene ring substituents is 1. The van der Waals surface area contributed by atoms with E-state index < -0.39 is 36.5 Å². The van der Waals surface area contributed by atoms with Crippen LogP contribution >= 0.6 is 0 Å². The van der Waals surface area contributed by atoms with Gasteiger partial charge in [0.15, 0.2) is 5.60 Å². The quantitative estimate of drug-likeness (QED) is 0.240. The molecule has 9 nitrogen and oxygen atoms in total. The number of benzene rings is 2. The molecule has 3 aliphatic rings. The Bertz CT molecular complexity index is 1280. The van der Waals surface area contributed by atoms with Gasteiger partial charge >= 0.3 is 0 Å². The van der Waals surface area contributed by atoms with Crippen LogP contribution < -0.4 is 9.80 Å². The molecule has 2 aromatic carbocycles. The van der Waals surface area contributed by atoms with E-state index in [9.17, 15) is 24.8 Å². The SMILES string of the molecule is C[C@@H]1[C@@H]([Si](C)(C)F)[C@H](CCO)O[C@@]12C(=O)N(Cc1ccc(N3CCCC3=O)cc1)c1ccc([N+](=O)[O-])cc12. The second-order valence-electron chi connectivity index (χ2n) is 10.9. The summed E-state index contributed by atoms with van der Waals surface area (Å²) in [6.45, 7) is 5.55. The zero-order chi connectivity index (χ0) is 27.4. The van der Waals surface area contributed by atoms with Gasteiger partial charge in [-0.1, -0.05) is 19.1 Å². The standard InChI is InChI=1S/C27H32FN3O6Si/c1-17-25(38(2,3)28)23(12-14-32)37-27(17)21-15-20(31(35)36)10-11-22(21)30(26(27)34)16-18-6-8-19(9-7-18)29-13-4-5-24(29)33/h6-11,15,17,23,25,32H,4-5,12-14,16H2,1-3H3/t17-,23+,25-,27+/m1/s1. The highest BCUT2D eigenvalue weighted by atomic mass is 28.4. The number of nitro benzene ring substituents is 1. The summed E-state index contributed by atoms with van der Waals surface area (Å²) in [4.78, 5) is 40.8. The van der Waals surface area contributed by atoms with E-state index in [1.807, 2.05) is 24.3 Å². The number of anilines is 2. The zero-order valence-electron chi connectivity index (χ0n) is 21.7. The molecule has 11 heteroatoms. The van der Waals surface area contributed by atoms with Crippen LogP contribution in [0, 0.1) is 16.0 Å². The first kappa shape index (κ1) is 26.5. The summed E-state index contributed by atoms with van der Waals surface area (Å²) in [5.74, 6) is -0.890. The number of halogens is 1. The summed E-state index contributed by atoms with van der Waals surface area (Å²) in [6, 6.07) is 11.7. The van der Waals surface area contributed by atoms with Crippen molar-refractivity contribution < 1.29 is 28.5 Å². The van der Waals surface area contributed by atoms with Gasteiger partial charge in [0.05, 0.1) is 23.3 Å². The molecule has 0 aromatic heterocycles. The fraction of sp³-hybridized carbons (Fsp3) is 0.481. The number of amides is 2. The normalized spacial score (nSPS) is 27.0. The van der Waals surface area contributed by atoms with Crippen LogP contribution in [0.4, 0.5) is 21.2 Å². The third-order valence-electron chi connectivity index (χ3n) is 8.23. The van der Waals surface area contributed by atoms with Crippen molar-refractivity contribution in [2.24, 2.45) is 5.92 Å². The fourth-order valence-corrected chi connectivity index (χ4v) is 9.13. The van der Waals surface area contributed by atoms with Gasteiger partial charge in [-0.25, -0.2) is 0 Å². The molecule has 1 N–H and O–H groups in total. The highest BCUT2D eigenvalue weighted by Gasteiger charge is 2.66. The maximum Gasteiger partial charge on any atom is 0.269 e. The molecule has 2 aromatic rings. The zero-order valence-corrected chi connectivity index (χ0v) is 22.7. The van der Waals surface area contributed by atoms with E-state index in [0.717, 1.165) is 17.7 Å². The highest BCUT2D eigenvalue weighted by Crippen LogP contribution is 2.60. The van der Waals surface area contributed by atoms with Crippen LogP contribution in [0.5, 0.6) is 0 Å². The Morgan fingerprint density at radius 3 is 2.50 bits per heavy atom. The van der Waals surface area contributed by atoms with E-state index in [4.69, 9.17) is 4.74 Å². The molecule has 38 heavy (non-hydrogen) atoms. The predicted molar refractivity (Wildman–Crippen MR) is 142 cm³/mol. The van der Waals surface area contributed by atoms with Gasteiger partial charge in [-0.3, -0.25) is 19.7 Å². The fourth-order valence-electron chi connectivity index (χ4n) is 6.59. The number of hydrogen-bond acceptors (Lipinski definition) is 6. The lowest BCUT2D eigenvalue weighted by molar-refractivity contribution is -0.385. The molecule has 0 saturated carbocycles. The third-order valence-corrected chi connectivity index (χ3v) is 10.7. The third kappa shape index (κ3) is 4.13. The van der Waals surface area contributed by atoms with E-state index in [1.54, 1.807) is 35.9 Å². The van der Waals surface area contributed by atoms with Crippen molar-refractivity contribution in [3.63, 3.8) is 0 Å². The van der Waals surface area contributed by atoms with E-state index >= 15 is 4.11 Å².